The molecule has 0 bridgehead atoms. The minimum atomic E-state index is -0.876. The van der Waals surface area contributed by atoms with E-state index in [1.807, 2.05) is 0 Å². The zero-order valence-corrected chi connectivity index (χ0v) is 24.6. The molecule has 38 heavy (non-hydrogen) atoms. The number of allylic oxidation sites excluding steroid dienone is 1. The molecule has 4 rings (SSSR count). The van der Waals surface area contributed by atoms with Crippen molar-refractivity contribution >= 4 is 11.9 Å². The third kappa shape index (κ3) is 5.59. The molecular formula is C32H54N2O4. The summed E-state index contributed by atoms with van der Waals surface area (Å²) in [5.41, 5.74) is 12.7. The fourth-order valence-electron chi connectivity index (χ4n) is 9.51. The number of primary amides is 1. The summed E-state index contributed by atoms with van der Waals surface area (Å²) in [6.45, 7) is 12.0. The molecule has 0 radical (unpaired) electrons. The summed E-state index contributed by atoms with van der Waals surface area (Å²) in [6, 6.07) is -0.876. The van der Waals surface area contributed by atoms with Crippen LogP contribution < -0.4 is 11.5 Å². The van der Waals surface area contributed by atoms with Crippen LogP contribution in [-0.2, 0) is 14.3 Å². The monoisotopic (exact) mass is 530 g/mol. The Morgan fingerprint density at radius 3 is 2.53 bits per heavy atom. The van der Waals surface area contributed by atoms with Crippen LogP contribution in [-0.4, -0.2) is 35.2 Å². The molecule has 4 aliphatic rings. The van der Waals surface area contributed by atoms with Crippen molar-refractivity contribution in [2.45, 2.75) is 130 Å². The Bertz CT molecular complexity index is 902. The van der Waals surface area contributed by atoms with Crippen molar-refractivity contribution in [1.82, 2.24) is 0 Å². The first-order valence-corrected chi connectivity index (χ1v) is 15.5. The minimum absolute atomic E-state index is 0.0635. The van der Waals surface area contributed by atoms with Crippen LogP contribution in [0.25, 0.3) is 0 Å². The van der Waals surface area contributed by atoms with Gasteiger partial charge in [0.1, 0.15) is 12.1 Å². The molecule has 0 aromatic carbocycles. The van der Waals surface area contributed by atoms with Gasteiger partial charge in [-0.25, -0.2) is 0 Å². The van der Waals surface area contributed by atoms with E-state index in [9.17, 15) is 14.7 Å². The smallest absolute Gasteiger partial charge is 0.323 e. The normalized spacial score (nSPS) is 39.9. The van der Waals surface area contributed by atoms with Crippen molar-refractivity contribution in [2.24, 2.45) is 57.8 Å². The summed E-state index contributed by atoms with van der Waals surface area (Å²) in [6.07, 6.45) is 13.0. The molecule has 216 valence electrons. The standard InChI is InChI=1S/C32H54N2O4/c1-19(2)7-6-8-20(3)24-11-12-25-23-10-9-21-17-22(35)18-28(38-30(37)27(33)13-14-29(34)36)32(21,5)26(23)15-16-31(24,25)4/h9,19-20,22-28,35H,6-8,10-18,33H2,1-5H3,(H2,34,36)/t20-,22-,23+,24-,25+,26+,27+,28?,31-,32+/m1/s1. The second-order valence-corrected chi connectivity index (χ2v) is 14.3. The van der Waals surface area contributed by atoms with Gasteiger partial charge >= 0.3 is 5.97 Å². The third-order valence-corrected chi connectivity index (χ3v) is 11.6. The summed E-state index contributed by atoms with van der Waals surface area (Å²) in [7, 11) is 0. The van der Waals surface area contributed by atoms with Gasteiger partial charge in [0, 0.05) is 18.3 Å². The van der Waals surface area contributed by atoms with Crippen LogP contribution in [0.2, 0.25) is 0 Å². The number of fused-ring (bicyclic) bond motifs is 5. The summed E-state index contributed by atoms with van der Waals surface area (Å²) >= 11 is 0. The van der Waals surface area contributed by atoms with Crippen LogP contribution >= 0.6 is 0 Å². The Hall–Kier alpha value is -1.40. The highest BCUT2D eigenvalue weighted by molar-refractivity contribution is 5.78. The molecule has 3 fully saturated rings. The van der Waals surface area contributed by atoms with Crippen LogP contribution in [0.4, 0.5) is 0 Å². The van der Waals surface area contributed by atoms with E-state index in [0.717, 1.165) is 30.6 Å². The summed E-state index contributed by atoms with van der Waals surface area (Å²) in [5.74, 6) is 3.14. The third-order valence-electron chi connectivity index (χ3n) is 11.6. The van der Waals surface area contributed by atoms with Gasteiger partial charge in [-0.3, -0.25) is 9.59 Å². The van der Waals surface area contributed by atoms with Gasteiger partial charge < -0.3 is 21.3 Å². The Labute approximate surface area is 230 Å². The van der Waals surface area contributed by atoms with Gasteiger partial charge in [-0.15, -0.1) is 0 Å². The highest BCUT2D eigenvalue weighted by Crippen LogP contribution is 2.67. The number of aliphatic hydroxyl groups excluding tert-OH is 1. The second kappa shape index (κ2) is 11.6. The predicted molar refractivity (Wildman–Crippen MR) is 151 cm³/mol. The van der Waals surface area contributed by atoms with Crippen LogP contribution in [0.3, 0.4) is 0 Å². The number of carbonyl (C=O) groups is 2. The van der Waals surface area contributed by atoms with E-state index in [4.69, 9.17) is 16.2 Å². The lowest BCUT2D eigenvalue weighted by molar-refractivity contribution is -0.170. The first-order chi connectivity index (χ1) is 17.9. The van der Waals surface area contributed by atoms with Gasteiger partial charge in [0.2, 0.25) is 5.91 Å². The number of hydrogen-bond acceptors (Lipinski definition) is 5. The highest BCUT2D eigenvalue weighted by atomic mass is 16.5. The Balaban J connectivity index is 1.51. The maximum atomic E-state index is 13.0. The minimum Gasteiger partial charge on any atom is -0.460 e. The molecule has 6 heteroatoms. The quantitative estimate of drug-likeness (QED) is 0.255. The number of amides is 1. The molecular weight excluding hydrogens is 476 g/mol. The molecule has 0 spiro atoms. The fraction of sp³-hybridized carbons (Fsp3) is 0.875. The van der Waals surface area contributed by atoms with Crippen molar-refractivity contribution in [3.05, 3.63) is 11.6 Å². The average molecular weight is 531 g/mol. The number of rotatable bonds is 10. The Kier molecular flexibility index (Phi) is 9.03. The predicted octanol–water partition coefficient (Wildman–Crippen LogP) is 5.50. The van der Waals surface area contributed by atoms with E-state index in [1.54, 1.807) is 0 Å². The number of carbonyl (C=O) groups excluding carboxylic acids is 2. The zero-order chi connectivity index (χ0) is 27.8. The number of nitrogens with two attached hydrogens (primary N) is 2. The van der Waals surface area contributed by atoms with Crippen molar-refractivity contribution < 1.29 is 19.4 Å². The summed E-state index contributed by atoms with van der Waals surface area (Å²) in [5, 5.41) is 10.7. The second-order valence-electron chi connectivity index (χ2n) is 14.3. The van der Waals surface area contributed by atoms with Gasteiger partial charge in [-0.1, -0.05) is 65.5 Å². The van der Waals surface area contributed by atoms with Crippen molar-refractivity contribution in [3.8, 4) is 0 Å². The van der Waals surface area contributed by atoms with E-state index >= 15 is 0 Å². The zero-order valence-electron chi connectivity index (χ0n) is 24.6. The number of hydrogen-bond donors (Lipinski definition) is 3. The molecule has 0 saturated heterocycles. The highest BCUT2D eigenvalue weighted by Gasteiger charge is 2.61. The summed E-state index contributed by atoms with van der Waals surface area (Å²) in [4.78, 5) is 24.2. The lowest BCUT2D eigenvalue weighted by Gasteiger charge is -2.60. The average Bonchev–Trinajstić information content (AvgIpc) is 3.20. The maximum absolute atomic E-state index is 13.0. The lowest BCUT2D eigenvalue weighted by Crippen LogP contribution is -2.57. The van der Waals surface area contributed by atoms with Gasteiger partial charge in [-0.2, -0.15) is 0 Å². The Morgan fingerprint density at radius 1 is 1.11 bits per heavy atom. The van der Waals surface area contributed by atoms with Crippen molar-refractivity contribution in [3.63, 3.8) is 0 Å². The number of ether oxygens (including phenoxy) is 1. The Morgan fingerprint density at radius 2 is 1.84 bits per heavy atom. The van der Waals surface area contributed by atoms with Gasteiger partial charge in [-0.05, 0) is 85.9 Å². The van der Waals surface area contributed by atoms with Gasteiger partial charge in [0.15, 0.2) is 0 Å². The molecule has 1 unspecified atom stereocenters. The number of esters is 1. The molecule has 3 saturated carbocycles. The van der Waals surface area contributed by atoms with Crippen molar-refractivity contribution in [2.75, 3.05) is 0 Å². The lowest BCUT2D eigenvalue weighted by atomic mass is 9.46. The van der Waals surface area contributed by atoms with Gasteiger partial charge in [0.05, 0.1) is 6.10 Å². The summed E-state index contributed by atoms with van der Waals surface area (Å²) < 4.78 is 6.12. The largest absolute Gasteiger partial charge is 0.460 e. The van der Waals surface area contributed by atoms with E-state index in [2.05, 4.69) is 40.7 Å². The van der Waals surface area contributed by atoms with Crippen molar-refractivity contribution in [1.29, 1.82) is 0 Å². The first kappa shape index (κ1) is 29.6. The molecule has 0 aromatic rings. The fourth-order valence-corrected chi connectivity index (χ4v) is 9.51. The van der Waals surface area contributed by atoms with E-state index in [1.165, 1.54) is 44.1 Å². The molecule has 6 nitrogen and oxygen atoms in total. The maximum Gasteiger partial charge on any atom is 0.323 e. The molecule has 1 amide bonds. The van der Waals surface area contributed by atoms with E-state index < -0.39 is 30.1 Å². The topological polar surface area (TPSA) is 116 Å². The van der Waals surface area contributed by atoms with Crippen LogP contribution in [0.5, 0.6) is 0 Å². The van der Waals surface area contributed by atoms with Crippen LogP contribution in [0.1, 0.15) is 112 Å². The molecule has 10 atom stereocenters. The SMILES string of the molecule is CC(C)CCC[C@@H](C)[C@H]1CC[C@H]2[C@@H]3CC=C4C[C@@H](O)CC(OC(=O)[C@@H](N)CCC(N)=O)[C@]4(C)[C@H]3CC[C@]12C. The van der Waals surface area contributed by atoms with Gasteiger partial charge in [0.25, 0.3) is 0 Å². The molecule has 0 aliphatic heterocycles. The molecule has 4 aliphatic carbocycles. The number of aliphatic hydroxyl groups is 1. The van der Waals surface area contributed by atoms with E-state index in [0.29, 0.717) is 36.0 Å². The molecule has 0 aromatic heterocycles. The van der Waals surface area contributed by atoms with Crippen LogP contribution in [0.15, 0.2) is 11.6 Å². The van der Waals surface area contributed by atoms with E-state index in [-0.39, 0.29) is 18.3 Å². The first-order valence-electron chi connectivity index (χ1n) is 15.5. The molecule has 0 heterocycles. The molecule has 5 N–H and O–H groups in total. The van der Waals surface area contributed by atoms with Crippen LogP contribution in [0, 0.1) is 46.3 Å².